The number of aromatic nitrogens is 2. The highest BCUT2D eigenvalue weighted by Crippen LogP contribution is 2.35. The van der Waals surface area contributed by atoms with Gasteiger partial charge >= 0.3 is 0 Å². The zero-order chi connectivity index (χ0) is 14.2. The molecule has 1 unspecified atom stereocenters. The van der Waals surface area contributed by atoms with Crippen molar-refractivity contribution in [2.75, 3.05) is 0 Å². The number of halogens is 2. The van der Waals surface area contributed by atoms with Crippen molar-refractivity contribution >= 4 is 27.5 Å². The number of rotatable bonds is 2. The van der Waals surface area contributed by atoms with Gasteiger partial charge in [-0.2, -0.15) is 0 Å². The fraction of sp³-hybridized carbons (Fsp3) is 0.385. The standard InChI is InChI=1S/C13H14BrFN2OS/c1-13(2,3)12-11(19-17-16-12)10(18)8-6-7(14)4-5-9(8)15/h4-6,10,18H,1-3H3. The summed E-state index contributed by atoms with van der Waals surface area (Å²) in [6.07, 6.45) is -1.05. The molecule has 0 bridgehead atoms. The Balaban J connectivity index is 2.48. The molecule has 0 saturated carbocycles. The number of nitrogens with zero attached hydrogens (tertiary/aromatic N) is 2. The normalized spacial score (nSPS) is 13.6. The monoisotopic (exact) mass is 344 g/mol. The molecule has 6 heteroatoms. The molecular formula is C13H14BrFN2OS. The molecule has 1 aromatic carbocycles. The summed E-state index contributed by atoms with van der Waals surface area (Å²) in [6.45, 7) is 5.95. The van der Waals surface area contributed by atoms with E-state index in [1.165, 1.54) is 6.07 Å². The first-order valence-electron chi connectivity index (χ1n) is 5.76. The Morgan fingerprint density at radius 2 is 2.05 bits per heavy atom. The third-order valence-corrected chi connectivity index (χ3v) is 3.99. The zero-order valence-corrected chi connectivity index (χ0v) is 13.2. The molecule has 0 spiro atoms. The first-order chi connectivity index (χ1) is 8.80. The molecule has 1 aromatic heterocycles. The summed E-state index contributed by atoms with van der Waals surface area (Å²) < 4.78 is 18.4. The van der Waals surface area contributed by atoms with Crippen LogP contribution in [0.5, 0.6) is 0 Å². The van der Waals surface area contributed by atoms with Crippen LogP contribution in [-0.2, 0) is 5.41 Å². The highest BCUT2D eigenvalue weighted by Gasteiger charge is 2.28. The molecule has 19 heavy (non-hydrogen) atoms. The molecule has 0 aliphatic heterocycles. The average molecular weight is 345 g/mol. The Hall–Kier alpha value is -0.850. The van der Waals surface area contributed by atoms with E-state index < -0.39 is 11.9 Å². The maximum absolute atomic E-state index is 13.8. The van der Waals surface area contributed by atoms with Crippen LogP contribution in [0, 0.1) is 5.82 Å². The van der Waals surface area contributed by atoms with Crippen molar-refractivity contribution in [3.63, 3.8) is 0 Å². The van der Waals surface area contributed by atoms with Crippen molar-refractivity contribution in [2.24, 2.45) is 0 Å². The molecule has 2 aromatic rings. The minimum Gasteiger partial charge on any atom is -0.383 e. The molecule has 102 valence electrons. The van der Waals surface area contributed by atoms with Crippen LogP contribution in [0.3, 0.4) is 0 Å². The number of aliphatic hydroxyl groups is 1. The predicted molar refractivity (Wildman–Crippen MR) is 76.8 cm³/mol. The van der Waals surface area contributed by atoms with E-state index in [-0.39, 0.29) is 11.0 Å². The molecular weight excluding hydrogens is 331 g/mol. The molecule has 1 heterocycles. The average Bonchev–Trinajstić information content (AvgIpc) is 2.80. The van der Waals surface area contributed by atoms with E-state index in [0.717, 1.165) is 16.0 Å². The van der Waals surface area contributed by atoms with Crippen LogP contribution >= 0.6 is 27.5 Å². The number of hydrogen-bond donors (Lipinski definition) is 1. The lowest BCUT2D eigenvalue weighted by Gasteiger charge is -2.19. The van der Waals surface area contributed by atoms with Crippen LogP contribution in [0.4, 0.5) is 4.39 Å². The zero-order valence-electron chi connectivity index (χ0n) is 10.8. The number of benzene rings is 1. The van der Waals surface area contributed by atoms with E-state index in [4.69, 9.17) is 0 Å². The van der Waals surface area contributed by atoms with E-state index in [1.54, 1.807) is 12.1 Å². The largest absolute Gasteiger partial charge is 0.383 e. The van der Waals surface area contributed by atoms with E-state index in [0.29, 0.717) is 10.6 Å². The Morgan fingerprint density at radius 3 is 2.68 bits per heavy atom. The Labute approximate surface area is 123 Å². The summed E-state index contributed by atoms with van der Waals surface area (Å²) in [5.74, 6) is -0.441. The van der Waals surface area contributed by atoms with Gasteiger partial charge in [-0.05, 0) is 29.7 Å². The maximum atomic E-state index is 13.8. The summed E-state index contributed by atoms with van der Waals surface area (Å²) in [4.78, 5) is 0.588. The quantitative estimate of drug-likeness (QED) is 0.900. The lowest BCUT2D eigenvalue weighted by Crippen LogP contribution is -2.16. The van der Waals surface area contributed by atoms with Gasteiger partial charge in [-0.25, -0.2) is 4.39 Å². The molecule has 0 saturated heterocycles. The van der Waals surface area contributed by atoms with Crippen LogP contribution in [0.2, 0.25) is 0 Å². The van der Waals surface area contributed by atoms with Crippen molar-refractivity contribution in [2.45, 2.75) is 32.3 Å². The molecule has 1 N–H and O–H groups in total. The second kappa shape index (κ2) is 5.26. The Morgan fingerprint density at radius 1 is 1.37 bits per heavy atom. The summed E-state index contributed by atoms with van der Waals surface area (Å²) >= 11 is 4.38. The van der Waals surface area contributed by atoms with Gasteiger partial charge in [-0.15, -0.1) is 5.10 Å². The van der Waals surface area contributed by atoms with E-state index in [2.05, 4.69) is 25.5 Å². The molecule has 0 aliphatic carbocycles. The minimum absolute atomic E-state index is 0.228. The summed E-state index contributed by atoms with van der Waals surface area (Å²) in [5, 5.41) is 14.5. The summed E-state index contributed by atoms with van der Waals surface area (Å²) in [6, 6.07) is 4.50. The van der Waals surface area contributed by atoms with Crippen LogP contribution in [0.15, 0.2) is 22.7 Å². The first-order valence-corrected chi connectivity index (χ1v) is 7.33. The van der Waals surface area contributed by atoms with Crippen LogP contribution in [0.1, 0.15) is 43.0 Å². The fourth-order valence-electron chi connectivity index (χ4n) is 1.76. The van der Waals surface area contributed by atoms with Crippen LogP contribution in [0.25, 0.3) is 0 Å². The molecule has 3 nitrogen and oxygen atoms in total. The molecule has 0 amide bonds. The highest BCUT2D eigenvalue weighted by atomic mass is 79.9. The van der Waals surface area contributed by atoms with Gasteiger partial charge in [-0.3, -0.25) is 0 Å². The van der Waals surface area contributed by atoms with Gasteiger partial charge in [0.15, 0.2) is 0 Å². The van der Waals surface area contributed by atoms with Crippen molar-refractivity contribution in [1.82, 2.24) is 9.59 Å². The van der Waals surface area contributed by atoms with Gasteiger partial charge in [0.05, 0.1) is 10.6 Å². The third kappa shape index (κ3) is 3.01. The second-order valence-corrected chi connectivity index (χ2v) is 7.01. The van der Waals surface area contributed by atoms with E-state index >= 15 is 0 Å². The third-order valence-electron chi connectivity index (χ3n) is 2.72. The number of hydrogen-bond acceptors (Lipinski definition) is 4. The van der Waals surface area contributed by atoms with Gasteiger partial charge in [0.25, 0.3) is 0 Å². The SMILES string of the molecule is CC(C)(C)c1nnsc1C(O)c1cc(Br)ccc1F. The van der Waals surface area contributed by atoms with Crippen molar-refractivity contribution in [3.05, 3.63) is 44.6 Å². The molecule has 2 rings (SSSR count). The van der Waals surface area contributed by atoms with Gasteiger partial charge in [0.1, 0.15) is 11.9 Å². The van der Waals surface area contributed by atoms with Gasteiger partial charge in [-0.1, -0.05) is 41.2 Å². The van der Waals surface area contributed by atoms with E-state index in [9.17, 15) is 9.50 Å². The lowest BCUT2D eigenvalue weighted by atomic mass is 9.89. The topological polar surface area (TPSA) is 46.0 Å². The smallest absolute Gasteiger partial charge is 0.129 e. The first kappa shape index (κ1) is 14.6. The van der Waals surface area contributed by atoms with Gasteiger partial charge < -0.3 is 5.11 Å². The Kier molecular flexibility index (Phi) is 4.03. The number of aliphatic hydroxyl groups excluding tert-OH is 1. The highest BCUT2D eigenvalue weighted by molar-refractivity contribution is 9.10. The van der Waals surface area contributed by atoms with Gasteiger partial charge in [0, 0.05) is 15.5 Å². The predicted octanol–water partition coefficient (Wildman–Crippen LogP) is 3.82. The van der Waals surface area contributed by atoms with Crippen molar-refractivity contribution < 1.29 is 9.50 Å². The second-order valence-electron chi connectivity index (χ2n) is 5.30. The van der Waals surface area contributed by atoms with Gasteiger partial charge in [0.2, 0.25) is 0 Å². The molecule has 0 fully saturated rings. The summed E-state index contributed by atoms with van der Waals surface area (Å²) in [7, 11) is 0. The van der Waals surface area contributed by atoms with Crippen molar-refractivity contribution in [3.8, 4) is 0 Å². The maximum Gasteiger partial charge on any atom is 0.129 e. The van der Waals surface area contributed by atoms with Crippen LogP contribution < -0.4 is 0 Å². The minimum atomic E-state index is -1.05. The lowest BCUT2D eigenvalue weighted by molar-refractivity contribution is 0.215. The fourth-order valence-corrected chi connectivity index (χ4v) is 3.01. The Bertz CT molecular complexity index is 595. The summed E-state index contributed by atoms with van der Waals surface area (Å²) in [5.41, 5.74) is 0.682. The molecule has 1 atom stereocenters. The molecule has 0 aliphatic rings. The molecule has 0 radical (unpaired) electrons. The van der Waals surface area contributed by atoms with E-state index in [1.807, 2.05) is 20.8 Å². The van der Waals surface area contributed by atoms with Crippen LogP contribution in [-0.4, -0.2) is 14.7 Å². The van der Waals surface area contributed by atoms with Crippen molar-refractivity contribution in [1.29, 1.82) is 0 Å².